The van der Waals surface area contributed by atoms with Crippen LogP contribution in [0.5, 0.6) is 0 Å². The average molecular weight is 297 g/mol. The van der Waals surface area contributed by atoms with Crippen molar-refractivity contribution in [2.24, 2.45) is 0 Å². The largest absolute Gasteiger partial charge is 0.396 e. The number of rotatable bonds is 4. The van der Waals surface area contributed by atoms with Gasteiger partial charge in [0.15, 0.2) is 9.84 Å². The molecule has 0 unspecified atom stereocenters. The normalized spacial score (nSPS) is 17.4. The molecule has 0 aliphatic carbocycles. The third kappa shape index (κ3) is 3.24. The number of nitrogen functional groups attached to an aromatic ring is 1. The lowest BCUT2D eigenvalue weighted by Gasteiger charge is -2.36. The number of anilines is 2. The molecule has 0 saturated carbocycles. The predicted octanol–water partition coefficient (Wildman–Crippen LogP) is 1.20. The van der Waals surface area contributed by atoms with E-state index in [2.05, 4.69) is 16.7 Å². The van der Waals surface area contributed by atoms with E-state index in [4.69, 9.17) is 5.73 Å². The van der Waals surface area contributed by atoms with Gasteiger partial charge >= 0.3 is 0 Å². The topological polar surface area (TPSA) is 66.6 Å². The lowest BCUT2D eigenvalue weighted by atomic mass is 10.2. The van der Waals surface area contributed by atoms with Gasteiger partial charge in [-0.2, -0.15) is 0 Å². The van der Waals surface area contributed by atoms with E-state index < -0.39 is 9.84 Å². The molecule has 0 spiro atoms. The number of para-hydroxylation sites is 1. The van der Waals surface area contributed by atoms with Gasteiger partial charge in [-0.3, -0.25) is 4.90 Å². The van der Waals surface area contributed by atoms with Crippen LogP contribution in [-0.2, 0) is 9.84 Å². The Labute approximate surface area is 121 Å². The van der Waals surface area contributed by atoms with E-state index in [1.807, 2.05) is 6.07 Å². The first kappa shape index (κ1) is 15.1. The highest BCUT2D eigenvalue weighted by Crippen LogP contribution is 2.30. The van der Waals surface area contributed by atoms with Crippen LogP contribution in [0.25, 0.3) is 0 Å². The molecule has 1 aliphatic heterocycles. The molecule has 5 nitrogen and oxygen atoms in total. The van der Waals surface area contributed by atoms with Gasteiger partial charge in [-0.25, -0.2) is 8.42 Å². The standard InChI is InChI=1S/C14H23N3O2S/c1-3-7-16-8-10-17(11-9-16)12-5-4-6-13(14(12)15)20(2,18)19/h4-6H,3,7-11,15H2,1-2H3. The number of nitrogens with zero attached hydrogens (tertiary/aromatic N) is 2. The summed E-state index contributed by atoms with van der Waals surface area (Å²) >= 11 is 0. The number of sulfone groups is 1. The summed E-state index contributed by atoms with van der Waals surface area (Å²) < 4.78 is 23.4. The monoisotopic (exact) mass is 297 g/mol. The number of nitrogens with two attached hydrogens (primary N) is 1. The first-order valence-electron chi connectivity index (χ1n) is 6.99. The molecule has 2 N–H and O–H groups in total. The number of piperazine rings is 1. The van der Waals surface area contributed by atoms with E-state index in [0.29, 0.717) is 5.69 Å². The van der Waals surface area contributed by atoms with Crippen LogP contribution in [0.1, 0.15) is 13.3 Å². The van der Waals surface area contributed by atoms with Crippen molar-refractivity contribution >= 4 is 21.2 Å². The van der Waals surface area contributed by atoms with Gasteiger partial charge in [0, 0.05) is 32.4 Å². The van der Waals surface area contributed by atoms with Crippen LogP contribution < -0.4 is 10.6 Å². The maximum Gasteiger partial charge on any atom is 0.177 e. The SMILES string of the molecule is CCCN1CCN(c2cccc(S(C)(=O)=O)c2N)CC1. The summed E-state index contributed by atoms with van der Waals surface area (Å²) in [6.07, 6.45) is 2.35. The molecular weight excluding hydrogens is 274 g/mol. The second kappa shape index (κ2) is 6.01. The summed E-state index contributed by atoms with van der Waals surface area (Å²) in [6.45, 7) is 7.06. The zero-order chi connectivity index (χ0) is 14.8. The molecule has 0 amide bonds. The fraction of sp³-hybridized carbons (Fsp3) is 0.571. The van der Waals surface area contributed by atoms with Crippen LogP contribution in [0.4, 0.5) is 11.4 Å². The highest BCUT2D eigenvalue weighted by molar-refractivity contribution is 7.90. The number of benzene rings is 1. The van der Waals surface area contributed by atoms with E-state index in [1.54, 1.807) is 12.1 Å². The molecule has 1 heterocycles. The summed E-state index contributed by atoms with van der Waals surface area (Å²) in [7, 11) is -3.28. The quantitative estimate of drug-likeness (QED) is 0.846. The second-order valence-electron chi connectivity index (χ2n) is 5.29. The first-order valence-corrected chi connectivity index (χ1v) is 8.88. The van der Waals surface area contributed by atoms with Crippen molar-refractivity contribution in [1.82, 2.24) is 4.90 Å². The lowest BCUT2D eigenvalue weighted by Crippen LogP contribution is -2.46. The van der Waals surface area contributed by atoms with Crippen LogP contribution in [0.15, 0.2) is 23.1 Å². The van der Waals surface area contributed by atoms with Crippen LogP contribution in [0, 0.1) is 0 Å². The van der Waals surface area contributed by atoms with Crippen LogP contribution in [0.2, 0.25) is 0 Å². The van der Waals surface area contributed by atoms with Gasteiger partial charge in [-0.15, -0.1) is 0 Å². The molecule has 1 saturated heterocycles. The fourth-order valence-corrected chi connectivity index (χ4v) is 3.49. The molecule has 1 aliphatic rings. The second-order valence-corrected chi connectivity index (χ2v) is 7.27. The van der Waals surface area contributed by atoms with Gasteiger partial charge in [0.05, 0.1) is 16.3 Å². The maximum atomic E-state index is 11.7. The van der Waals surface area contributed by atoms with Crippen molar-refractivity contribution in [1.29, 1.82) is 0 Å². The minimum atomic E-state index is -3.28. The maximum absolute atomic E-state index is 11.7. The van der Waals surface area contributed by atoms with Crippen molar-refractivity contribution in [3.63, 3.8) is 0 Å². The number of hydrogen-bond acceptors (Lipinski definition) is 5. The zero-order valence-corrected chi connectivity index (χ0v) is 13.0. The van der Waals surface area contributed by atoms with Crippen LogP contribution in [-0.4, -0.2) is 52.3 Å². The molecule has 2 rings (SSSR count). The van der Waals surface area contributed by atoms with Crippen LogP contribution in [0.3, 0.4) is 0 Å². The average Bonchev–Trinajstić information content (AvgIpc) is 2.39. The summed E-state index contributed by atoms with van der Waals surface area (Å²) in [5.74, 6) is 0. The first-order chi connectivity index (χ1) is 9.43. The lowest BCUT2D eigenvalue weighted by molar-refractivity contribution is 0.258. The Morgan fingerprint density at radius 2 is 1.85 bits per heavy atom. The Kier molecular flexibility index (Phi) is 4.55. The molecule has 1 aromatic carbocycles. The van der Waals surface area contributed by atoms with Crippen molar-refractivity contribution in [2.45, 2.75) is 18.2 Å². The highest BCUT2D eigenvalue weighted by atomic mass is 32.2. The Morgan fingerprint density at radius 1 is 1.20 bits per heavy atom. The predicted molar refractivity (Wildman–Crippen MR) is 82.9 cm³/mol. The Balaban J connectivity index is 2.19. The Morgan fingerprint density at radius 3 is 2.40 bits per heavy atom. The van der Waals surface area contributed by atoms with Gasteiger partial charge < -0.3 is 10.6 Å². The molecule has 6 heteroatoms. The van der Waals surface area contributed by atoms with Crippen LogP contribution >= 0.6 is 0 Å². The number of hydrogen-bond donors (Lipinski definition) is 1. The van der Waals surface area contributed by atoms with Crippen molar-refractivity contribution in [3.05, 3.63) is 18.2 Å². The van der Waals surface area contributed by atoms with E-state index >= 15 is 0 Å². The van der Waals surface area contributed by atoms with E-state index in [9.17, 15) is 8.42 Å². The highest BCUT2D eigenvalue weighted by Gasteiger charge is 2.21. The van der Waals surface area contributed by atoms with Crippen molar-refractivity contribution in [3.8, 4) is 0 Å². The summed E-state index contributed by atoms with van der Waals surface area (Å²) in [5, 5.41) is 0. The third-order valence-corrected chi connectivity index (χ3v) is 4.85. The summed E-state index contributed by atoms with van der Waals surface area (Å²) in [6, 6.07) is 5.24. The van der Waals surface area contributed by atoms with Gasteiger partial charge in [0.1, 0.15) is 0 Å². The van der Waals surface area contributed by atoms with Gasteiger partial charge in [-0.05, 0) is 25.1 Å². The summed E-state index contributed by atoms with van der Waals surface area (Å²) in [4.78, 5) is 4.83. The zero-order valence-electron chi connectivity index (χ0n) is 12.2. The summed E-state index contributed by atoms with van der Waals surface area (Å²) in [5.41, 5.74) is 7.27. The molecule has 1 aromatic rings. The molecule has 0 bridgehead atoms. The third-order valence-electron chi connectivity index (χ3n) is 3.70. The fourth-order valence-electron chi connectivity index (χ4n) is 2.66. The molecule has 0 aromatic heterocycles. The molecule has 1 fully saturated rings. The molecule has 0 atom stereocenters. The molecular formula is C14H23N3O2S. The Bertz CT molecular complexity index is 564. The van der Waals surface area contributed by atoms with Crippen molar-refractivity contribution in [2.75, 3.05) is 49.6 Å². The van der Waals surface area contributed by atoms with Gasteiger partial charge in [-0.1, -0.05) is 13.0 Å². The van der Waals surface area contributed by atoms with E-state index in [0.717, 1.165) is 44.8 Å². The van der Waals surface area contributed by atoms with Gasteiger partial charge in [0.25, 0.3) is 0 Å². The van der Waals surface area contributed by atoms with E-state index in [1.165, 1.54) is 6.26 Å². The minimum Gasteiger partial charge on any atom is -0.396 e. The Hall–Kier alpha value is -1.27. The van der Waals surface area contributed by atoms with Crippen molar-refractivity contribution < 1.29 is 8.42 Å². The molecule has 112 valence electrons. The minimum absolute atomic E-state index is 0.228. The van der Waals surface area contributed by atoms with E-state index in [-0.39, 0.29) is 4.90 Å². The molecule has 20 heavy (non-hydrogen) atoms. The van der Waals surface area contributed by atoms with Gasteiger partial charge in [0.2, 0.25) is 0 Å². The smallest absolute Gasteiger partial charge is 0.177 e. The molecule has 0 radical (unpaired) electrons.